The number of H-pyrrole nitrogens is 1. The van der Waals surface area contributed by atoms with Crippen LogP contribution in [0.1, 0.15) is 44.3 Å². The Morgan fingerprint density at radius 3 is 2.52 bits per heavy atom. The number of ether oxygens (including phenoxy) is 2. The summed E-state index contributed by atoms with van der Waals surface area (Å²) >= 11 is 0. The number of aromatic nitrogens is 1. The molecule has 42 heavy (non-hydrogen) atoms. The lowest BCUT2D eigenvalue weighted by atomic mass is 9.88. The summed E-state index contributed by atoms with van der Waals surface area (Å²) in [7, 11) is 0. The molecule has 3 heterocycles. The highest BCUT2D eigenvalue weighted by Gasteiger charge is 2.33. The van der Waals surface area contributed by atoms with Crippen molar-refractivity contribution in [1.29, 1.82) is 0 Å². The van der Waals surface area contributed by atoms with Crippen LogP contribution < -0.4 is 20.1 Å². The molecule has 0 saturated carbocycles. The van der Waals surface area contributed by atoms with E-state index in [0.29, 0.717) is 24.3 Å². The summed E-state index contributed by atoms with van der Waals surface area (Å²) in [6.07, 6.45) is 4.00. The predicted molar refractivity (Wildman–Crippen MR) is 161 cm³/mol. The van der Waals surface area contributed by atoms with Crippen molar-refractivity contribution in [2.24, 2.45) is 0 Å². The molecule has 3 N–H and O–H groups in total. The first-order valence-electron chi connectivity index (χ1n) is 14.0. The first-order chi connectivity index (χ1) is 20.6. The molecule has 0 saturated heterocycles. The van der Waals surface area contributed by atoms with E-state index >= 15 is 0 Å². The topological polar surface area (TPSA) is 92.5 Å². The minimum atomic E-state index is -0.411. The summed E-state index contributed by atoms with van der Waals surface area (Å²) in [5, 5.41) is 7.65. The second kappa shape index (κ2) is 11.0. The van der Waals surface area contributed by atoms with Crippen molar-refractivity contribution >= 4 is 28.7 Å². The van der Waals surface area contributed by atoms with Crippen LogP contribution in [-0.2, 0) is 17.8 Å². The average molecular weight is 556 g/mol. The quantitative estimate of drug-likeness (QED) is 0.224. The number of nitrogens with one attached hydrogen (secondary N) is 3. The van der Waals surface area contributed by atoms with Crippen LogP contribution in [-0.4, -0.2) is 29.5 Å². The van der Waals surface area contributed by atoms with Crippen LogP contribution >= 0.6 is 0 Å². The SMILES string of the molecule is O=C(NCc1ccccc1)c1ccc(C=CC(=O)C2Cc3c([nH]c4ccccc34)C(c3ccc4c(c3)OCO4)N2)cc1. The van der Waals surface area contributed by atoms with Gasteiger partial charge in [-0.25, -0.2) is 0 Å². The number of carbonyl (C=O) groups is 2. The standard InChI is InChI=1S/C35H29N3O4/c39-30(16-12-22-10-13-24(14-11-22)35(40)36-20-23-6-2-1-3-7-23)29-19-27-26-8-4-5-9-28(26)37-34(27)33(38-29)25-15-17-31-32(18-25)42-21-41-31/h1-18,29,33,37-38H,19-21H2,(H,36,40). The van der Waals surface area contributed by atoms with Gasteiger partial charge in [-0.05, 0) is 65.1 Å². The van der Waals surface area contributed by atoms with E-state index in [1.54, 1.807) is 24.3 Å². The third kappa shape index (κ3) is 5.06. The minimum absolute atomic E-state index is 0.0126. The Balaban J connectivity index is 1.09. The molecule has 0 spiro atoms. The summed E-state index contributed by atoms with van der Waals surface area (Å²) in [6.45, 7) is 0.676. The van der Waals surface area contributed by atoms with Crippen molar-refractivity contribution in [2.75, 3.05) is 6.79 Å². The van der Waals surface area contributed by atoms with E-state index in [-0.39, 0.29) is 24.5 Å². The van der Waals surface area contributed by atoms with Gasteiger partial charge >= 0.3 is 0 Å². The number of rotatable bonds is 7. The summed E-state index contributed by atoms with van der Waals surface area (Å²) in [6, 6.07) is 30.5. The zero-order valence-electron chi connectivity index (χ0n) is 22.8. The molecule has 7 heteroatoms. The molecule has 5 aromatic rings. The monoisotopic (exact) mass is 555 g/mol. The average Bonchev–Trinajstić information content (AvgIpc) is 3.67. The summed E-state index contributed by atoms with van der Waals surface area (Å²) in [5.74, 6) is 1.28. The highest BCUT2D eigenvalue weighted by Crippen LogP contribution is 2.39. The summed E-state index contributed by atoms with van der Waals surface area (Å²) < 4.78 is 11.1. The highest BCUT2D eigenvalue weighted by molar-refractivity contribution is 5.99. The number of para-hydroxylation sites is 1. The number of aromatic amines is 1. The van der Waals surface area contributed by atoms with E-state index in [1.165, 1.54) is 0 Å². The molecule has 2 atom stereocenters. The zero-order valence-corrected chi connectivity index (χ0v) is 22.8. The Labute approximate surface area is 243 Å². The zero-order chi connectivity index (χ0) is 28.5. The molecule has 0 bridgehead atoms. The molecule has 4 aromatic carbocycles. The van der Waals surface area contributed by atoms with Crippen LogP contribution in [0.25, 0.3) is 17.0 Å². The van der Waals surface area contributed by atoms with Gasteiger partial charge in [-0.3, -0.25) is 14.9 Å². The van der Waals surface area contributed by atoms with Gasteiger partial charge in [0.05, 0.1) is 12.1 Å². The van der Waals surface area contributed by atoms with Crippen molar-refractivity contribution in [3.8, 4) is 11.5 Å². The molecule has 0 aliphatic carbocycles. The fraction of sp³-hybridized carbons (Fsp3) is 0.143. The van der Waals surface area contributed by atoms with E-state index < -0.39 is 6.04 Å². The van der Waals surface area contributed by atoms with Crippen LogP contribution in [0.4, 0.5) is 0 Å². The molecule has 2 unspecified atom stereocenters. The third-order valence-electron chi connectivity index (χ3n) is 7.89. The van der Waals surface area contributed by atoms with E-state index in [9.17, 15) is 9.59 Å². The maximum atomic E-state index is 13.5. The van der Waals surface area contributed by atoms with Crippen LogP contribution in [0.2, 0.25) is 0 Å². The molecule has 2 aliphatic heterocycles. The molecule has 7 rings (SSSR count). The second-order valence-corrected chi connectivity index (χ2v) is 10.6. The molecular formula is C35H29N3O4. The van der Waals surface area contributed by atoms with Crippen LogP contribution in [0, 0.1) is 0 Å². The number of hydrogen-bond acceptors (Lipinski definition) is 5. The normalized spacial score (nSPS) is 17.3. The van der Waals surface area contributed by atoms with Crippen molar-refractivity contribution in [3.63, 3.8) is 0 Å². The Morgan fingerprint density at radius 1 is 0.881 bits per heavy atom. The van der Waals surface area contributed by atoms with E-state index in [1.807, 2.05) is 72.8 Å². The second-order valence-electron chi connectivity index (χ2n) is 10.6. The molecule has 1 aromatic heterocycles. The molecule has 0 fully saturated rings. The molecule has 208 valence electrons. The lowest BCUT2D eigenvalue weighted by Gasteiger charge is -2.30. The van der Waals surface area contributed by atoms with Crippen molar-refractivity contribution < 1.29 is 19.1 Å². The maximum absolute atomic E-state index is 13.5. The van der Waals surface area contributed by atoms with Gasteiger partial charge in [-0.15, -0.1) is 0 Å². The Hall–Kier alpha value is -5.14. The molecule has 1 amide bonds. The number of ketones is 1. The fourth-order valence-electron chi connectivity index (χ4n) is 5.69. The van der Waals surface area contributed by atoms with Gasteiger partial charge in [0.25, 0.3) is 5.91 Å². The van der Waals surface area contributed by atoms with Gasteiger partial charge in [0.15, 0.2) is 17.3 Å². The summed E-state index contributed by atoms with van der Waals surface area (Å²) in [4.78, 5) is 29.7. The summed E-state index contributed by atoms with van der Waals surface area (Å²) in [5.41, 5.74) is 6.71. The molecule has 7 nitrogen and oxygen atoms in total. The first kappa shape index (κ1) is 25.8. The number of benzene rings is 4. The van der Waals surface area contributed by atoms with Crippen LogP contribution in [0.5, 0.6) is 11.5 Å². The fourth-order valence-corrected chi connectivity index (χ4v) is 5.69. The highest BCUT2D eigenvalue weighted by atomic mass is 16.7. The van der Waals surface area contributed by atoms with Gasteiger partial charge in [-0.1, -0.05) is 72.8 Å². The molecule has 0 radical (unpaired) electrons. The van der Waals surface area contributed by atoms with Gasteiger partial charge in [0, 0.05) is 28.7 Å². The number of carbonyl (C=O) groups excluding carboxylic acids is 2. The number of amides is 1. The third-order valence-corrected chi connectivity index (χ3v) is 7.89. The molecule has 2 aliphatic rings. The lowest BCUT2D eigenvalue weighted by Crippen LogP contribution is -2.44. The predicted octanol–water partition coefficient (Wildman–Crippen LogP) is 5.71. The Morgan fingerprint density at radius 2 is 1.67 bits per heavy atom. The largest absolute Gasteiger partial charge is 0.454 e. The first-order valence-corrected chi connectivity index (χ1v) is 14.0. The van der Waals surface area contributed by atoms with E-state index in [2.05, 4.69) is 27.8 Å². The van der Waals surface area contributed by atoms with Gasteiger partial charge < -0.3 is 19.8 Å². The van der Waals surface area contributed by atoms with Gasteiger partial charge in [0.1, 0.15) is 0 Å². The van der Waals surface area contributed by atoms with Crippen molar-refractivity contribution in [1.82, 2.24) is 15.6 Å². The number of fused-ring (bicyclic) bond motifs is 4. The lowest BCUT2D eigenvalue weighted by molar-refractivity contribution is -0.116. The Kier molecular flexibility index (Phi) is 6.78. The van der Waals surface area contributed by atoms with Crippen LogP contribution in [0.15, 0.2) is 103 Å². The maximum Gasteiger partial charge on any atom is 0.251 e. The Bertz CT molecular complexity index is 1810. The van der Waals surface area contributed by atoms with Crippen LogP contribution in [0.3, 0.4) is 0 Å². The minimum Gasteiger partial charge on any atom is -0.454 e. The molecular weight excluding hydrogens is 526 g/mol. The van der Waals surface area contributed by atoms with Gasteiger partial charge in [0.2, 0.25) is 6.79 Å². The smallest absolute Gasteiger partial charge is 0.251 e. The number of hydrogen-bond donors (Lipinski definition) is 3. The van der Waals surface area contributed by atoms with Crippen molar-refractivity contribution in [3.05, 3.63) is 137 Å². The van der Waals surface area contributed by atoms with Gasteiger partial charge in [-0.2, -0.15) is 0 Å². The van der Waals surface area contributed by atoms with E-state index in [0.717, 1.165) is 44.6 Å². The van der Waals surface area contributed by atoms with Crippen molar-refractivity contribution in [2.45, 2.75) is 25.0 Å². The van der Waals surface area contributed by atoms with E-state index in [4.69, 9.17) is 9.47 Å².